The molecule has 1 aliphatic carbocycles. The number of pyridine rings is 1. The number of likely N-dealkylation sites (tertiary alicyclic amines) is 1. The van der Waals surface area contributed by atoms with Gasteiger partial charge in [0.05, 0.1) is 6.10 Å². The van der Waals surface area contributed by atoms with Crippen LogP contribution in [0.25, 0.3) is 0 Å². The standard InChI is InChI=1S/C17H24N2O3/c1-16(2,3)22-15(21)19-10-17(11-19)7-13(8-17)14(20)12-5-4-6-18-9-12/h4-6,9,13-14,20H,7-8,10-11H2,1-3H3. The van der Waals surface area contributed by atoms with Crippen molar-refractivity contribution in [3.8, 4) is 0 Å². The summed E-state index contributed by atoms with van der Waals surface area (Å²) in [6.07, 6.45) is 4.68. The Morgan fingerprint density at radius 2 is 2.14 bits per heavy atom. The molecule has 1 saturated heterocycles. The van der Waals surface area contributed by atoms with Gasteiger partial charge in [-0.25, -0.2) is 4.79 Å². The first-order valence-corrected chi connectivity index (χ1v) is 7.84. The molecule has 1 aromatic rings. The van der Waals surface area contributed by atoms with Gasteiger partial charge in [0.2, 0.25) is 0 Å². The summed E-state index contributed by atoms with van der Waals surface area (Å²) in [5, 5.41) is 10.4. The van der Waals surface area contributed by atoms with E-state index in [0.29, 0.717) is 0 Å². The van der Waals surface area contributed by atoms with E-state index in [1.54, 1.807) is 17.3 Å². The second-order valence-corrected chi connectivity index (χ2v) is 7.74. The van der Waals surface area contributed by atoms with Crippen molar-refractivity contribution in [3.63, 3.8) is 0 Å². The van der Waals surface area contributed by atoms with Crippen LogP contribution in [0.3, 0.4) is 0 Å². The van der Waals surface area contributed by atoms with Gasteiger partial charge in [-0.3, -0.25) is 4.98 Å². The van der Waals surface area contributed by atoms with E-state index in [2.05, 4.69) is 4.98 Å². The van der Waals surface area contributed by atoms with Crippen molar-refractivity contribution in [1.82, 2.24) is 9.88 Å². The van der Waals surface area contributed by atoms with Gasteiger partial charge in [-0.1, -0.05) is 6.07 Å². The van der Waals surface area contributed by atoms with Crippen molar-refractivity contribution in [2.24, 2.45) is 11.3 Å². The van der Waals surface area contributed by atoms with E-state index in [1.165, 1.54) is 0 Å². The molecule has 1 atom stereocenters. The van der Waals surface area contributed by atoms with Gasteiger partial charge in [0.15, 0.2) is 0 Å². The van der Waals surface area contributed by atoms with Crippen molar-refractivity contribution in [2.75, 3.05) is 13.1 Å². The Morgan fingerprint density at radius 3 is 2.68 bits per heavy atom. The molecule has 1 amide bonds. The van der Waals surface area contributed by atoms with E-state index < -0.39 is 11.7 Å². The normalized spacial score (nSPS) is 21.9. The number of rotatable bonds is 2. The maximum absolute atomic E-state index is 12.0. The van der Waals surface area contributed by atoms with Crippen LogP contribution in [0.2, 0.25) is 0 Å². The maximum Gasteiger partial charge on any atom is 0.410 e. The van der Waals surface area contributed by atoms with Crippen LogP contribution in [0.1, 0.15) is 45.3 Å². The van der Waals surface area contributed by atoms with Crippen molar-refractivity contribution in [3.05, 3.63) is 30.1 Å². The summed E-state index contributed by atoms with van der Waals surface area (Å²) in [4.78, 5) is 17.8. The monoisotopic (exact) mass is 304 g/mol. The zero-order valence-corrected chi connectivity index (χ0v) is 13.5. The molecule has 22 heavy (non-hydrogen) atoms. The van der Waals surface area contributed by atoms with E-state index in [9.17, 15) is 9.90 Å². The highest BCUT2D eigenvalue weighted by molar-refractivity contribution is 5.69. The molecular weight excluding hydrogens is 280 g/mol. The van der Waals surface area contributed by atoms with Gasteiger partial charge in [0.1, 0.15) is 5.60 Å². The van der Waals surface area contributed by atoms with E-state index in [1.807, 2.05) is 32.9 Å². The minimum Gasteiger partial charge on any atom is -0.444 e. The second-order valence-electron chi connectivity index (χ2n) is 7.74. The predicted molar refractivity (Wildman–Crippen MR) is 82.2 cm³/mol. The zero-order valence-electron chi connectivity index (χ0n) is 13.5. The maximum atomic E-state index is 12.0. The van der Waals surface area contributed by atoms with Crippen LogP contribution >= 0.6 is 0 Å². The van der Waals surface area contributed by atoms with Gasteiger partial charge in [-0.15, -0.1) is 0 Å². The molecule has 1 saturated carbocycles. The van der Waals surface area contributed by atoms with E-state index >= 15 is 0 Å². The molecule has 1 unspecified atom stereocenters. The van der Waals surface area contributed by atoms with Gasteiger partial charge in [0, 0.05) is 30.9 Å². The largest absolute Gasteiger partial charge is 0.444 e. The Bertz CT molecular complexity index is 539. The molecular formula is C17H24N2O3. The summed E-state index contributed by atoms with van der Waals surface area (Å²) in [5.41, 5.74) is 0.633. The number of aromatic nitrogens is 1. The van der Waals surface area contributed by atoms with Crippen LogP contribution in [0.15, 0.2) is 24.5 Å². The summed E-state index contributed by atoms with van der Waals surface area (Å²) in [6, 6.07) is 3.76. The van der Waals surface area contributed by atoms with Crippen molar-refractivity contribution >= 4 is 6.09 Å². The van der Waals surface area contributed by atoms with Crippen LogP contribution in [0.4, 0.5) is 4.79 Å². The fourth-order valence-corrected chi connectivity index (χ4v) is 3.58. The number of nitrogens with zero attached hydrogens (tertiary/aromatic N) is 2. The van der Waals surface area contributed by atoms with E-state index in [-0.39, 0.29) is 17.4 Å². The SMILES string of the molecule is CC(C)(C)OC(=O)N1CC2(CC(C(O)c3cccnc3)C2)C1. The summed E-state index contributed by atoms with van der Waals surface area (Å²) in [6.45, 7) is 7.13. The summed E-state index contributed by atoms with van der Waals surface area (Å²) in [7, 11) is 0. The average molecular weight is 304 g/mol. The van der Waals surface area contributed by atoms with Gasteiger partial charge >= 0.3 is 6.09 Å². The summed E-state index contributed by atoms with van der Waals surface area (Å²) in [5.74, 6) is 0.269. The molecule has 2 heterocycles. The van der Waals surface area contributed by atoms with Gasteiger partial charge in [-0.05, 0) is 51.2 Å². The number of aliphatic hydroxyl groups excluding tert-OH is 1. The van der Waals surface area contributed by atoms with Gasteiger partial charge in [-0.2, -0.15) is 0 Å². The highest BCUT2D eigenvalue weighted by Gasteiger charge is 2.55. The van der Waals surface area contributed by atoms with Crippen LogP contribution in [-0.2, 0) is 4.74 Å². The number of hydrogen-bond donors (Lipinski definition) is 1. The third-order valence-corrected chi connectivity index (χ3v) is 4.57. The van der Waals surface area contributed by atoms with Crippen LogP contribution in [-0.4, -0.2) is 39.8 Å². The fraction of sp³-hybridized carbons (Fsp3) is 0.647. The van der Waals surface area contributed by atoms with Gasteiger partial charge in [0.25, 0.3) is 0 Å². The van der Waals surface area contributed by atoms with Gasteiger partial charge < -0.3 is 14.7 Å². The van der Waals surface area contributed by atoms with Crippen LogP contribution in [0.5, 0.6) is 0 Å². The molecule has 2 aliphatic rings. The first-order chi connectivity index (χ1) is 10.3. The van der Waals surface area contributed by atoms with E-state index in [4.69, 9.17) is 4.74 Å². The Morgan fingerprint density at radius 1 is 1.45 bits per heavy atom. The lowest BCUT2D eigenvalue weighted by atomic mass is 9.56. The summed E-state index contributed by atoms with van der Waals surface area (Å²) >= 11 is 0. The number of aliphatic hydroxyl groups is 1. The Balaban J connectivity index is 1.48. The lowest BCUT2D eigenvalue weighted by molar-refractivity contribution is -0.123. The Labute approximate surface area is 131 Å². The molecule has 3 rings (SSSR count). The predicted octanol–water partition coefficient (Wildman–Crippen LogP) is 2.76. The lowest BCUT2D eigenvalue weighted by Crippen LogP contribution is -2.64. The molecule has 5 heteroatoms. The number of carbonyl (C=O) groups excluding carboxylic acids is 1. The molecule has 120 valence electrons. The molecule has 1 spiro atoms. The third kappa shape index (κ3) is 2.95. The van der Waals surface area contributed by atoms with Crippen LogP contribution in [0, 0.1) is 11.3 Å². The number of hydrogen-bond acceptors (Lipinski definition) is 4. The quantitative estimate of drug-likeness (QED) is 0.912. The van der Waals surface area contributed by atoms with E-state index in [0.717, 1.165) is 31.5 Å². The van der Waals surface area contributed by atoms with Crippen molar-refractivity contribution in [1.29, 1.82) is 0 Å². The zero-order chi connectivity index (χ0) is 16.0. The minimum absolute atomic E-state index is 0.199. The second kappa shape index (κ2) is 5.23. The Kier molecular flexibility index (Phi) is 3.63. The average Bonchev–Trinajstić information content (AvgIpc) is 2.34. The Hall–Kier alpha value is -1.62. The molecule has 0 radical (unpaired) electrons. The first kappa shape index (κ1) is 15.3. The first-order valence-electron chi connectivity index (χ1n) is 7.84. The van der Waals surface area contributed by atoms with Crippen molar-refractivity contribution in [2.45, 2.75) is 45.3 Å². The van der Waals surface area contributed by atoms with Crippen molar-refractivity contribution < 1.29 is 14.6 Å². The van der Waals surface area contributed by atoms with Crippen LogP contribution < -0.4 is 0 Å². The molecule has 1 aliphatic heterocycles. The topological polar surface area (TPSA) is 62.7 Å². The number of ether oxygens (including phenoxy) is 1. The molecule has 0 aromatic carbocycles. The molecule has 1 aromatic heterocycles. The summed E-state index contributed by atoms with van der Waals surface area (Å²) < 4.78 is 5.38. The smallest absolute Gasteiger partial charge is 0.410 e. The molecule has 2 fully saturated rings. The molecule has 0 bridgehead atoms. The number of amides is 1. The number of carbonyl (C=O) groups is 1. The fourth-order valence-electron chi connectivity index (χ4n) is 3.58. The molecule has 5 nitrogen and oxygen atoms in total. The highest BCUT2D eigenvalue weighted by Crippen LogP contribution is 2.55. The lowest BCUT2D eigenvalue weighted by Gasteiger charge is -2.59. The highest BCUT2D eigenvalue weighted by atomic mass is 16.6. The molecule has 1 N–H and O–H groups in total. The minimum atomic E-state index is -0.449. The third-order valence-electron chi connectivity index (χ3n) is 4.57.